The number of aromatic hydroxyl groups is 2. The Hall–Kier alpha value is -2.55. The molecule has 0 fully saturated rings. The lowest BCUT2D eigenvalue weighted by atomic mass is 10.1. The lowest BCUT2D eigenvalue weighted by Gasteiger charge is -2.39. The van der Waals surface area contributed by atoms with Crippen molar-refractivity contribution >= 4 is 22.6 Å². The van der Waals surface area contributed by atoms with Gasteiger partial charge in [-0.1, -0.05) is 77.7 Å². The fourth-order valence-corrected chi connectivity index (χ4v) is 4.65. The minimum Gasteiger partial charge on any atom is -0.716 e. The van der Waals surface area contributed by atoms with Crippen molar-refractivity contribution in [3.8, 4) is 17.2 Å². The SMILES string of the molecule is CCCC[N+](CCCC)(CCCC)CCCC.O=S(=O)([O-])Oc1ccc(/C=C/c2cc(O)cc(O)c2)cc1. The highest BCUT2D eigenvalue weighted by molar-refractivity contribution is 7.81. The summed E-state index contributed by atoms with van der Waals surface area (Å²) < 4.78 is 36.9. The quantitative estimate of drug-likeness (QED) is 0.1000. The molecule has 0 bridgehead atoms. The summed E-state index contributed by atoms with van der Waals surface area (Å²) >= 11 is 0. The van der Waals surface area contributed by atoms with Crippen molar-refractivity contribution in [1.82, 2.24) is 0 Å². The molecule has 0 aliphatic heterocycles. The molecule has 0 heterocycles. The van der Waals surface area contributed by atoms with Crippen molar-refractivity contribution in [1.29, 1.82) is 0 Å². The molecule has 0 saturated carbocycles. The molecular weight excluding hydrogens is 502 g/mol. The Morgan fingerprint density at radius 2 is 1.11 bits per heavy atom. The molecule has 0 amide bonds. The normalized spacial score (nSPS) is 11.8. The summed E-state index contributed by atoms with van der Waals surface area (Å²) in [5.41, 5.74) is 1.31. The van der Waals surface area contributed by atoms with Crippen molar-refractivity contribution in [2.75, 3.05) is 26.2 Å². The average molecular weight is 550 g/mol. The van der Waals surface area contributed by atoms with E-state index < -0.39 is 10.4 Å². The summed E-state index contributed by atoms with van der Waals surface area (Å²) in [5, 5.41) is 18.7. The number of rotatable bonds is 16. The van der Waals surface area contributed by atoms with Gasteiger partial charge in [-0.25, -0.2) is 8.42 Å². The highest BCUT2D eigenvalue weighted by Gasteiger charge is 2.24. The summed E-state index contributed by atoms with van der Waals surface area (Å²) in [6, 6.07) is 9.95. The first-order chi connectivity index (χ1) is 18.1. The van der Waals surface area contributed by atoms with E-state index in [4.69, 9.17) is 0 Å². The zero-order chi connectivity index (χ0) is 28.4. The molecule has 0 aliphatic carbocycles. The molecule has 2 aromatic carbocycles. The van der Waals surface area contributed by atoms with Gasteiger partial charge in [0.15, 0.2) is 0 Å². The van der Waals surface area contributed by atoms with Gasteiger partial charge in [-0.2, -0.15) is 0 Å². The number of quaternary nitrogens is 1. The summed E-state index contributed by atoms with van der Waals surface area (Å²) in [4.78, 5) is 0. The topological polar surface area (TPSA) is 107 Å². The highest BCUT2D eigenvalue weighted by Crippen LogP contribution is 2.22. The summed E-state index contributed by atoms with van der Waals surface area (Å²) in [6.07, 6.45) is 14.4. The number of phenols is 2. The van der Waals surface area contributed by atoms with Crippen LogP contribution in [0.3, 0.4) is 0 Å². The molecule has 7 nitrogen and oxygen atoms in total. The molecule has 8 heteroatoms. The van der Waals surface area contributed by atoms with Crippen molar-refractivity contribution in [2.45, 2.75) is 79.1 Å². The van der Waals surface area contributed by atoms with Crippen molar-refractivity contribution in [3.05, 3.63) is 53.6 Å². The second-order valence-corrected chi connectivity index (χ2v) is 10.8. The van der Waals surface area contributed by atoms with E-state index in [1.165, 1.54) is 112 Å². The second kappa shape index (κ2) is 17.9. The van der Waals surface area contributed by atoms with Gasteiger partial charge < -0.3 is 23.4 Å². The monoisotopic (exact) mass is 549 g/mol. The molecule has 2 N–H and O–H groups in total. The van der Waals surface area contributed by atoms with Crippen LogP contribution < -0.4 is 4.18 Å². The van der Waals surface area contributed by atoms with Crippen LogP contribution in [0.15, 0.2) is 42.5 Å². The van der Waals surface area contributed by atoms with Crippen LogP contribution >= 0.6 is 0 Å². The van der Waals surface area contributed by atoms with Gasteiger partial charge in [-0.05, 0) is 61.1 Å². The minimum atomic E-state index is -4.78. The molecule has 0 aromatic heterocycles. The van der Waals surface area contributed by atoms with Gasteiger partial charge in [-0.15, -0.1) is 0 Å². The smallest absolute Gasteiger partial charge is 0.262 e. The third-order valence-electron chi connectivity index (χ3n) is 6.42. The van der Waals surface area contributed by atoms with E-state index in [0.717, 1.165) is 0 Å². The van der Waals surface area contributed by atoms with Crippen LogP contribution in [0.1, 0.15) is 90.2 Å². The van der Waals surface area contributed by atoms with Crippen LogP contribution in [0.5, 0.6) is 17.2 Å². The maximum Gasteiger partial charge on any atom is 0.262 e. The maximum absolute atomic E-state index is 10.4. The van der Waals surface area contributed by atoms with E-state index in [-0.39, 0.29) is 17.2 Å². The third kappa shape index (κ3) is 14.4. The Kier molecular flexibility index (Phi) is 15.7. The predicted octanol–water partition coefficient (Wildman–Crippen LogP) is 7.11. The van der Waals surface area contributed by atoms with Gasteiger partial charge in [0, 0.05) is 6.07 Å². The van der Waals surface area contributed by atoms with Crippen molar-refractivity contribution in [3.63, 3.8) is 0 Å². The molecule has 2 aromatic rings. The Bertz CT molecular complexity index is 993. The molecule has 38 heavy (non-hydrogen) atoms. The molecule has 0 aliphatic rings. The van der Waals surface area contributed by atoms with Crippen molar-refractivity contribution in [2.24, 2.45) is 0 Å². The third-order valence-corrected chi connectivity index (χ3v) is 6.81. The van der Waals surface area contributed by atoms with Gasteiger partial charge in [0.05, 0.1) is 26.2 Å². The van der Waals surface area contributed by atoms with E-state index in [0.29, 0.717) is 11.1 Å². The first-order valence-corrected chi connectivity index (χ1v) is 15.2. The van der Waals surface area contributed by atoms with Crippen molar-refractivity contribution < 1.29 is 31.8 Å². The number of phenolic OH excluding ortho intramolecular Hbond substituents is 2. The van der Waals surface area contributed by atoms with Crippen LogP contribution in [-0.4, -0.2) is 53.8 Å². The van der Waals surface area contributed by atoms with Crippen LogP contribution in [0.2, 0.25) is 0 Å². The summed E-state index contributed by atoms with van der Waals surface area (Å²) in [6.45, 7) is 15.0. The Morgan fingerprint density at radius 1 is 0.711 bits per heavy atom. The predicted molar refractivity (Wildman–Crippen MR) is 155 cm³/mol. The van der Waals surface area contributed by atoms with Crippen LogP contribution in [0, 0.1) is 0 Å². The van der Waals surface area contributed by atoms with Gasteiger partial charge in [0.1, 0.15) is 17.2 Å². The molecule has 0 spiro atoms. The molecule has 0 saturated heterocycles. The molecular formula is C30H47NO6S. The Labute approximate surface area is 230 Å². The fourth-order valence-electron chi connectivity index (χ4n) is 4.30. The molecule has 0 atom stereocenters. The van der Waals surface area contributed by atoms with E-state index in [9.17, 15) is 23.2 Å². The molecule has 214 valence electrons. The molecule has 0 unspecified atom stereocenters. The highest BCUT2D eigenvalue weighted by atomic mass is 32.3. The van der Waals surface area contributed by atoms with Gasteiger partial charge >= 0.3 is 0 Å². The second-order valence-electron chi connectivity index (χ2n) is 9.83. The summed E-state index contributed by atoms with van der Waals surface area (Å²) in [5.74, 6) is -0.185. The zero-order valence-electron chi connectivity index (χ0n) is 23.6. The van der Waals surface area contributed by atoms with E-state index in [1.54, 1.807) is 24.3 Å². The number of benzene rings is 2. The Morgan fingerprint density at radius 3 is 1.47 bits per heavy atom. The van der Waals surface area contributed by atoms with Crippen LogP contribution in [0.4, 0.5) is 0 Å². The van der Waals surface area contributed by atoms with Crippen LogP contribution in [0.25, 0.3) is 12.2 Å². The minimum absolute atomic E-state index is 0.0564. The van der Waals surface area contributed by atoms with Gasteiger partial charge in [0.25, 0.3) is 10.4 Å². The van der Waals surface area contributed by atoms with Gasteiger partial charge in [0.2, 0.25) is 0 Å². The van der Waals surface area contributed by atoms with Gasteiger partial charge in [-0.3, -0.25) is 0 Å². The number of unbranched alkanes of at least 4 members (excludes halogenated alkanes) is 4. The number of hydrogen-bond acceptors (Lipinski definition) is 6. The summed E-state index contributed by atoms with van der Waals surface area (Å²) in [7, 11) is -4.78. The molecule has 0 radical (unpaired) electrons. The average Bonchev–Trinajstić information content (AvgIpc) is 2.86. The largest absolute Gasteiger partial charge is 0.716 e. The number of nitrogens with zero attached hydrogens (tertiary/aromatic N) is 1. The molecule has 2 rings (SSSR count). The lowest BCUT2D eigenvalue weighted by molar-refractivity contribution is -0.929. The van der Waals surface area contributed by atoms with Crippen LogP contribution in [-0.2, 0) is 10.4 Å². The standard InChI is InChI=1S/C16H36N.C14H12O6S/c1-5-9-13-17(14-10-6-2,15-11-7-3)16-12-8-4;15-12-7-11(8-13(16)9-12)2-1-10-3-5-14(6-4-10)20-21(17,18)19/h5-16H2,1-4H3;1-9,15-16H,(H,17,18,19)/q+1;/p-1/b;2-1+. The van der Waals surface area contributed by atoms with E-state index in [1.807, 2.05) is 0 Å². The Balaban J connectivity index is 0.000000391. The lowest BCUT2D eigenvalue weighted by Crippen LogP contribution is -2.50. The fraction of sp³-hybridized carbons (Fsp3) is 0.533. The number of hydrogen-bond donors (Lipinski definition) is 2. The van der Waals surface area contributed by atoms with E-state index in [2.05, 4.69) is 31.9 Å². The van der Waals surface area contributed by atoms with E-state index >= 15 is 0 Å². The first-order valence-electron chi connectivity index (χ1n) is 13.9. The zero-order valence-corrected chi connectivity index (χ0v) is 24.4. The maximum atomic E-state index is 10.4. The first kappa shape index (κ1) is 33.5.